The van der Waals surface area contributed by atoms with Gasteiger partial charge in [0.25, 0.3) is 0 Å². The molecule has 0 atom stereocenters. The fourth-order valence-electron chi connectivity index (χ4n) is 1.91. The van der Waals surface area contributed by atoms with Gasteiger partial charge in [0.05, 0.1) is 30.1 Å². The van der Waals surface area contributed by atoms with Crippen LogP contribution in [-0.2, 0) is 14.8 Å². The van der Waals surface area contributed by atoms with Gasteiger partial charge in [-0.3, -0.25) is 9.10 Å². The van der Waals surface area contributed by atoms with Crippen molar-refractivity contribution in [3.63, 3.8) is 0 Å². The number of nitriles is 1. The highest BCUT2D eigenvalue weighted by Gasteiger charge is 2.17. The average molecular weight is 323 g/mol. The summed E-state index contributed by atoms with van der Waals surface area (Å²) in [5.74, 6) is -0.0740. The number of carbonyl (C=O) groups is 1. The Morgan fingerprint density at radius 3 is 2.45 bits per heavy atom. The zero-order chi connectivity index (χ0) is 16.6. The van der Waals surface area contributed by atoms with Crippen molar-refractivity contribution in [3.05, 3.63) is 29.8 Å². The van der Waals surface area contributed by atoms with Crippen molar-refractivity contribution in [2.45, 2.75) is 26.2 Å². The summed E-state index contributed by atoms with van der Waals surface area (Å²) in [6.45, 7) is 2.40. The average Bonchev–Trinajstić information content (AvgIpc) is 2.48. The number of carbonyl (C=O) groups excluding carboxylic acids is 1. The Bertz CT molecular complexity index is 633. The van der Waals surface area contributed by atoms with Crippen LogP contribution in [0, 0.1) is 11.3 Å². The van der Waals surface area contributed by atoms with Gasteiger partial charge in [0.2, 0.25) is 15.9 Å². The predicted molar refractivity (Wildman–Crippen MR) is 85.9 cm³/mol. The lowest BCUT2D eigenvalue weighted by Gasteiger charge is -2.22. The van der Waals surface area contributed by atoms with Crippen LogP contribution in [-0.4, -0.2) is 33.7 Å². The normalized spacial score (nSPS) is 10.8. The summed E-state index contributed by atoms with van der Waals surface area (Å²) >= 11 is 0. The summed E-state index contributed by atoms with van der Waals surface area (Å²) in [6, 6.07) is 8.27. The number of benzene rings is 1. The highest BCUT2D eigenvalue weighted by atomic mass is 32.2. The van der Waals surface area contributed by atoms with Gasteiger partial charge in [-0.2, -0.15) is 5.26 Å². The summed E-state index contributed by atoms with van der Waals surface area (Å²) in [4.78, 5) is 11.5. The van der Waals surface area contributed by atoms with Gasteiger partial charge in [-0.25, -0.2) is 8.42 Å². The maximum absolute atomic E-state index is 11.9. The molecular weight excluding hydrogens is 302 g/mol. The van der Waals surface area contributed by atoms with Crippen LogP contribution in [0.4, 0.5) is 5.69 Å². The Morgan fingerprint density at radius 2 is 1.95 bits per heavy atom. The lowest BCUT2D eigenvalue weighted by atomic mass is 10.2. The van der Waals surface area contributed by atoms with E-state index in [9.17, 15) is 13.2 Å². The molecule has 0 aliphatic carbocycles. The monoisotopic (exact) mass is 323 g/mol. The summed E-state index contributed by atoms with van der Waals surface area (Å²) < 4.78 is 25.0. The second-order valence-electron chi connectivity index (χ2n) is 4.95. The van der Waals surface area contributed by atoms with Crippen molar-refractivity contribution in [1.82, 2.24) is 5.32 Å². The van der Waals surface area contributed by atoms with Crippen molar-refractivity contribution in [3.8, 4) is 6.07 Å². The molecule has 1 aromatic rings. The molecule has 1 N–H and O–H groups in total. The van der Waals surface area contributed by atoms with Gasteiger partial charge >= 0.3 is 0 Å². The molecule has 0 aliphatic rings. The standard InChI is InChI=1S/C15H21N3O3S/c1-3-4-5-15(19)17-10-11-18(22(2,20)21)14-8-6-13(12-16)7-9-14/h6-9H,3-5,10-11H2,1-2H3,(H,17,19). The van der Waals surface area contributed by atoms with E-state index in [2.05, 4.69) is 5.32 Å². The molecule has 0 aliphatic heterocycles. The minimum absolute atomic E-state index is 0.0740. The van der Waals surface area contributed by atoms with Crippen LogP contribution in [0.25, 0.3) is 0 Å². The van der Waals surface area contributed by atoms with Crippen LogP contribution < -0.4 is 9.62 Å². The van der Waals surface area contributed by atoms with E-state index in [4.69, 9.17) is 5.26 Å². The number of hydrogen-bond acceptors (Lipinski definition) is 4. The fourth-order valence-corrected chi connectivity index (χ4v) is 2.84. The van der Waals surface area contributed by atoms with E-state index < -0.39 is 10.0 Å². The first kappa shape index (κ1) is 18.0. The highest BCUT2D eigenvalue weighted by molar-refractivity contribution is 7.92. The first-order valence-corrected chi connectivity index (χ1v) is 8.98. The number of amides is 1. The Hall–Kier alpha value is -2.07. The van der Waals surface area contributed by atoms with Crippen molar-refractivity contribution < 1.29 is 13.2 Å². The predicted octanol–water partition coefficient (Wildman–Crippen LogP) is 1.63. The molecule has 0 spiro atoms. The maximum atomic E-state index is 11.9. The lowest BCUT2D eigenvalue weighted by Crippen LogP contribution is -2.38. The highest BCUT2D eigenvalue weighted by Crippen LogP contribution is 2.17. The minimum atomic E-state index is -3.45. The first-order valence-electron chi connectivity index (χ1n) is 7.13. The molecule has 0 unspecified atom stereocenters. The molecule has 0 heterocycles. The lowest BCUT2D eigenvalue weighted by molar-refractivity contribution is -0.121. The van der Waals surface area contributed by atoms with E-state index >= 15 is 0 Å². The molecule has 0 bridgehead atoms. The summed E-state index contributed by atoms with van der Waals surface area (Å²) in [7, 11) is -3.45. The van der Waals surface area contributed by atoms with Gasteiger partial charge in [0, 0.05) is 13.0 Å². The Kier molecular flexibility index (Phi) is 6.86. The number of unbranched alkanes of at least 4 members (excludes halogenated alkanes) is 1. The van der Waals surface area contributed by atoms with Crippen LogP contribution in [0.5, 0.6) is 0 Å². The second kappa shape index (κ2) is 8.39. The zero-order valence-corrected chi connectivity index (χ0v) is 13.7. The topological polar surface area (TPSA) is 90.3 Å². The van der Waals surface area contributed by atoms with E-state index in [1.165, 1.54) is 4.31 Å². The molecule has 0 fully saturated rings. The van der Waals surface area contributed by atoms with E-state index in [-0.39, 0.29) is 19.0 Å². The molecule has 0 aromatic heterocycles. The van der Waals surface area contributed by atoms with Crippen LogP contribution in [0.3, 0.4) is 0 Å². The molecule has 0 saturated heterocycles. The zero-order valence-electron chi connectivity index (χ0n) is 12.9. The number of nitrogens with one attached hydrogen (secondary N) is 1. The third-order valence-corrected chi connectivity index (χ3v) is 4.27. The molecule has 7 heteroatoms. The van der Waals surface area contributed by atoms with E-state index in [0.717, 1.165) is 19.1 Å². The fraction of sp³-hybridized carbons (Fsp3) is 0.467. The summed E-state index contributed by atoms with van der Waals surface area (Å²) in [6.07, 6.45) is 3.32. The second-order valence-corrected chi connectivity index (χ2v) is 6.85. The van der Waals surface area contributed by atoms with Crippen molar-refractivity contribution in [2.75, 3.05) is 23.7 Å². The minimum Gasteiger partial charge on any atom is -0.354 e. The van der Waals surface area contributed by atoms with Crippen LogP contribution in [0.15, 0.2) is 24.3 Å². The van der Waals surface area contributed by atoms with Crippen molar-refractivity contribution in [2.24, 2.45) is 0 Å². The summed E-state index contributed by atoms with van der Waals surface area (Å²) in [5, 5.41) is 11.5. The van der Waals surface area contributed by atoms with Gasteiger partial charge in [0.15, 0.2) is 0 Å². The quantitative estimate of drug-likeness (QED) is 0.787. The van der Waals surface area contributed by atoms with Crippen molar-refractivity contribution >= 4 is 21.6 Å². The molecular formula is C15H21N3O3S. The van der Waals surface area contributed by atoms with Gasteiger partial charge in [-0.1, -0.05) is 13.3 Å². The van der Waals surface area contributed by atoms with E-state index in [1.54, 1.807) is 24.3 Å². The molecule has 1 aromatic carbocycles. The number of hydrogen-bond donors (Lipinski definition) is 1. The van der Waals surface area contributed by atoms with Gasteiger partial charge < -0.3 is 5.32 Å². The van der Waals surface area contributed by atoms with E-state index in [0.29, 0.717) is 17.7 Å². The van der Waals surface area contributed by atoms with Crippen molar-refractivity contribution in [1.29, 1.82) is 5.26 Å². The molecule has 22 heavy (non-hydrogen) atoms. The van der Waals surface area contributed by atoms with E-state index in [1.807, 2.05) is 13.0 Å². The number of sulfonamides is 1. The van der Waals surface area contributed by atoms with Gasteiger partial charge in [-0.05, 0) is 30.7 Å². The van der Waals surface area contributed by atoms with Crippen LogP contribution in [0.2, 0.25) is 0 Å². The molecule has 0 radical (unpaired) electrons. The molecule has 1 amide bonds. The number of rotatable bonds is 8. The van der Waals surface area contributed by atoms with Gasteiger partial charge in [0.1, 0.15) is 0 Å². The SMILES string of the molecule is CCCCC(=O)NCCN(c1ccc(C#N)cc1)S(C)(=O)=O. The maximum Gasteiger partial charge on any atom is 0.232 e. The largest absolute Gasteiger partial charge is 0.354 e. The smallest absolute Gasteiger partial charge is 0.232 e. The Labute approximate surface area is 131 Å². The van der Waals surface area contributed by atoms with Crippen LogP contribution >= 0.6 is 0 Å². The molecule has 120 valence electrons. The Balaban J connectivity index is 2.70. The molecule has 1 rings (SSSR count). The molecule has 6 nitrogen and oxygen atoms in total. The number of anilines is 1. The third-order valence-electron chi connectivity index (χ3n) is 3.08. The summed E-state index contributed by atoms with van der Waals surface area (Å²) in [5.41, 5.74) is 0.939. The van der Waals surface area contributed by atoms with Gasteiger partial charge in [-0.15, -0.1) is 0 Å². The third kappa shape index (κ3) is 5.74. The number of nitrogens with zero attached hydrogens (tertiary/aromatic N) is 2. The van der Waals surface area contributed by atoms with Crippen LogP contribution in [0.1, 0.15) is 31.7 Å². The molecule has 0 saturated carbocycles. The first-order chi connectivity index (χ1) is 10.4. The Morgan fingerprint density at radius 1 is 1.32 bits per heavy atom.